The van der Waals surface area contributed by atoms with Crippen LogP contribution in [-0.2, 0) is 19.1 Å². The number of ether oxygens (including phenoxy) is 1. The highest BCUT2D eigenvalue weighted by Gasteiger charge is 2.39. The first-order valence-electron chi connectivity index (χ1n) is 10.7. The predicted molar refractivity (Wildman–Crippen MR) is 112 cm³/mol. The monoisotopic (exact) mass is 414 g/mol. The van der Waals surface area contributed by atoms with E-state index in [0.29, 0.717) is 24.2 Å². The van der Waals surface area contributed by atoms with Crippen LogP contribution < -0.4 is 5.32 Å². The van der Waals surface area contributed by atoms with Crippen molar-refractivity contribution in [2.75, 3.05) is 18.5 Å². The van der Waals surface area contributed by atoms with Crippen molar-refractivity contribution >= 4 is 29.3 Å². The van der Waals surface area contributed by atoms with Crippen molar-refractivity contribution in [2.45, 2.75) is 58.4 Å². The molecule has 1 aromatic carbocycles. The highest BCUT2D eigenvalue weighted by molar-refractivity contribution is 5.99. The number of carbonyl (C=O) groups excluding carboxylic acids is 4. The zero-order valence-corrected chi connectivity index (χ0v) is 17.7. The summed E-state index contributed by atoms with van der Waals surface area (Å²) in [6.07, 6.45) is 4.84. The van der Waals surface area contributed by atoms with Crippen LogP contribution in [0.4, 0.5) is 5.69 Å². The van der Waals surface area contributed by atoms with Crippen molar-refractivity contribution in [2.24, 2.45) is 11.8 Å². The molecule has 1 aliphatic carbocycles. The number of hydrogen-bond acceptors (Lipinski definition) is 5. The van der Waals surface area contributed by atoms with Crippen LogP contribution in [0.15, 0.2) is 24.3 Å². The van der Waals surface area contributed by atoms with Crippen LogP contribution >= 0.6 is 0 Å². The molecule has 3 rings (SSSR count). The molecule has 2 amide bonds. The molecular weight excluding hydrogens is 384 g/mol. The first kappa shape index (κ1) is 22.0. The van der Waals surface area contributed by atoms with Gasteiger partial charge in [-0.2, -0.15) is 0 Å². The average molecular weight is 415 g/mol. The number of nitrogens with one attached hydrogen (secondary N) is 1. The lowest BCUT2D eigenvalue weighted by molar-refractivity contribution is -0.147. The highest BCUT2D eigenvalue weighted by Crippen LogP contribution is 2.29. The maximum Gasteiger partial charge on any atom is 0.311 e. The van der Waals surface area contributed by atoms with E-state index in [9.17, 15) is 19.2 Å². The summed E-state index contributed by atoms with van der Waals surface area (Å²) < 4.78 is 5.20. The van der Waals surface area contributed by atoms with E-state index in [-0.39, 0.29) is 42.6 Å². The maximum absolute atomic E-state index is 12.3. The fourth-order valence-electron chi connectivity index (χ4n) is 4.12. The molecule has 1 aromatic rings. The van der Waals surface area contributed by atoms with E-state index < -0.39 is 11.9 Å². The first-order chi connectivity index (χ1) is 14.3. The van der Waals surface area contributed by atoms with Gasteiger partial charge in [0.2, 0.25) is 11.8 Å². The molecule has 1 saturated heterocycles. The van der Waals surface area contributed by atoms with Gasteiger partial charge < -0.3 is 15.0 Å². The number of carbonyl (C=O) groups is 4. The molecule has 0 unspecified atom stereocenters. The van der Waals surface area contributed by atoms with Gasteiger partial charge in [0.1, 0.15) is 0 Å². The molecule has 1 saturated carbocycles. The van der Waals surface area contributed by atoms with E-state index >= 15 is 0 Å². The Balaban J connectivity index is 1.46. The van der Waals surface area contributed by atoms with Gasteiger partial charge in [0.15, 0.2) is 12.4 Å². The van der Waals surface area contributed by atoms with Crippen molar-refractivity contribution in [3.05, 3.63) is 29.8 Å². The molecule has 2 fully saturated rings. The topological polar surface area (TPSA) is 92.8 Å². The van der Waals surface area contributed by atoms with E-state index in [1.807, 2.05) is 18.7 Å². The molecule has 0 radical (unpaired) electrons. The van der Waals surface area contributed by atoms with Gasteiger partial charge in [-0.1, -0.05) is 26.7 Å². The van der Waals surface area contributed by atoms with Gasteiger partial charge in [0.25, 0.3) is 0 Å². The average Bonchev–Trinajstić information content (AvgIpc) is 3.35. The van der Waals surface area contributed by atoms with Crippen molar-refractivity contribution < 1.29 is 23.9 Å². The predicted octanol–water partition coefficient (Wildman–Crippen LogP) is 3.19. The minimum Gasteiger partial charge on any atom is -0.457 e. The molecule has 1 heterocycles. The SMILES string of the molecule is CC(C)CC(=O)Nc1ccc(C(=O)COC(=O)[C@H]2CC(=O)N(C3CCCC3)C2)cc1. The Morgan fingerprint density at radius 3 is 2.43 bits per heavy atom. The molecule has 0 bridgehead atoms. The number of amides is 2. The molecule has 30 heavy (non-hydrogen) atoms. The first-order valence-corrected chi connectivity index (χ1v) is 10.7. The Morgan fingerprint density at radius 1 is 1.13 bits per heavy atom. The third-order valence-corrected chi connectivity index (χ3v) is 5.69. The molecule has 0 aromatic heterocycles. The second-order valence-electron chi connectivity index (χ2n) is 8.64. The van der Waals surface area contributed by atoms with Crippen LogP contribution in [-0.4, -0.2) is 47.7 Å². The van der Waals surface area contributed by atoms with Crippen molar-refractivity contribution in [3.8, 4) is 0 Å². The summed E-state index contributed by atoms with van der Waals surface area (Å²) in [7, 11) is 0. The molecule has 162 valence electrons. The summed E-state index contributed by atoms with van der Waals surface area (Å²) in [4.78, 5) is 50.5. The molecule has 1 N–H and O–H groups in total. The lowest BCUT2D eigenvalue weighted by Gasteiger charge is -2.23. The molecule has 1 atom stereocenters. The Kier molecular flexibility index (Phi) is 7.24. The Hall–Kier alpha value is -2.70. The number of Topliss-reactive ketones (excluding diaryl/α,β-unsaturated/α-hetero) is 1. The minimum absolute atomic E-state index is 0.00489. The summed E-state index contributed by atoms with van der Waals surface area (Å²) in [5.74, 6) is -1.11. The van der Waals surface area contributed by atoms with E-state index in [2.05, 4.69) is 5.32 Å². The van der Waals surface area contributed by atoms with Crippen LogP contribution in [0.1, 0.15) is 62.7 Å². The van der Waals surface area contributed by atoms with Crippen molar-refractivity contribution in [3.63, 3.8) is 0 Å². The summed E-state index contributed by atoms with van der Waals surface area (Å²) in [6, 6.07) is 6.76. The fourth-order valence-corrected chi connectivity index (χ4v) is 4.12. The zero-order valence-electron chi connectivity index (χ0n) is 17.7. The number of ketones is 1. The van der Waals surface area contributed by atoms with Gasteiger partial charge in [0.05, 0.1) is 5.92 Å². The number of rotatable bonds is 8. The van der Waals surface area contributed by atoms with Gasteiger partial charge in [-0.25, -0.2) is 0 Å². The quantitative estimate of drug-likeness (QED) is 0.521. The van der Waals surface area contributed by atoms with E-state index in [0.717, 1.165) is 25.7 Å². The van der Waals surface area contributed by atoms with Gasteiger partial charge in [0, 0.05) is 36.7 Å². The number of esters is 1. The summed E-state index contributed by atoms with van der Waals surface area (Å²) >= 11 is 0. The van der Waals surface area contributed by atoms with E-state index in [4.69, 9.17) is 4.74 Å². The molecule has 0 spiro atoms. The van der Waals surface area contributed by atoms with Crippen LogP contribution in [0, 0.1) is 11.8 Å². The number of nitrogens with zero attached hydrogens (tertiary/aromatic N) is 1. The minimum atomic E-state index is -0.496. The van der Waals surface area contributed by atoms with E-state index in [1.165, 1.54) is 0 Å². The Labute approximate surface area is 177 Å². The highest BCUT2D eigenvalue weighted by atomic mass is 16.5. The third kappa shape index (κ3) is 5.68. The van der Waals surface area contributed by atoms with Gasteiger partial charge >= 0.3 is 5.97 Å². The summed E-state index contributed by atoms with van der Waals surface area (Å²) in [5.41, 5.74) is 1.02. The summed E-state index contributed by atoms with van der Waals surface area (Å²) in [5, 5.41) is 2.79. The smallest absolute Gasteiger partial charge is 0.311 e. The zero-order chi connectivity index (χ0) is 21.7. The lowest BCUT2D eigenvalue weighted by Crippen LogP contribution is -2.35. The molecule has 7 heteroatoms. The molecular formula is C23H30N2O5. The van der Waals surface area contributed by atoms with E-state index in [1.54, 1.807) is 24.3 Å². The standard InChI is InChI=1S/C23H30N2O5/c1-15(2)11-21(27)24-18-9-7-16(8-10-18)20(26)14-30-23(29)17-12-22(28)25(13-17)19-5-3-4-6-19/h7-10,15,17,19H,3-6,11-14H2,1-2H3,(H,24,27)/t17-/m0/s1. The van der Waals surface area contributed by atoms with Crippen LogP contribution in [0.3, 0.4) is 0 Å². The largest absolute Gasteiger partial charge is 0.457 e. The fraction of sp³-hybridized carbons (Fsp3) is 0.565. The summed E-state index contributed by atoms with van der Waals surface area (Å²) in [6.45, 7) is 3.97. The molecule has 1 aliphatic heterocycles. The maximum atomic E-state index is 12.3. The normalized spacial score (nSPS) is 19.4. The second kappa shape index (κ2) is 9.87. The lowest BCUT2D eigenvalue weighted by atomic mass is 10.1. The van der Waals surface area contributed by atoms with Gasteiger partial charge in [-0.05, 0) is 43.0 Å². The van der Waals surface area contributed by atoms with Crippen LogP contribution in [0.5, 0.6) is 0 Å². The van der Waals surface area contributed by atoms with Crippen molar-refractivity contribution in [1.29, 1.82) is 0 Å². The number of likely N-dealkylation sites (tertiary alicyclic amines) is 1. The van der Waals surface area contributed by atoms with Gasteiger partial charge in [-0.15, -0.1) is 0 Å². The molecule has 2 aliphatic rings. The Morgan fingerprint density at radius 2 is 1.80 bits per heavy atom. The number of hydrogen-bond donors (Lipinski definition) is 1. The molecule has 7 nitrogen and oxygen atoms in total. The Bertz CT molecular complexity index is 796. The number of anilines is 1. The second-order valence-corrected chi connectivity index (χ2v) is 8.64. The van der Waals surface area contributed by atoms with Crippen molar-refractivity contribution in [1.82, 2.24) is 4.90 Å². The van der Waals surface area contributed by atoms with Crippen LogP contribution in [0.2, 0.25) is 0 Å². The van der Waals surface area contributed by atoms with Gasteiger partial charge in [-0.3, -0.25) is 19.2 Å². The number of benzene rings is 1. The van der Waals surface area contributed by atoms with Crippen LogP contribution in [0.25, 0.3) is 0 Å². The third-order valence-electron chi connectivity index (χ3n) is 5.69.